The molecule has 104 valence electrons. The van der Waals surface area contributed by atoms with Crippen LogP contribution in [0, 0.1) is 0 Å². The Morgan fingerprint density at radius 1 is 1.22 bits per heavy atom. The minimum atomic E-state index is 0.697. The molecule has 4 heteroatoms. The van der Waals surface area contributed by atoms with Crippen LogP contribution in [0.2, 0.25) is 0 Å². The lowest BCUT2D eigenvalue weighted by molar-refractivity contribution is 0.254. The summed E-state index contributed by atoms with van der Waals surface area (Å²) >= 11 is 1.75. The molecule has 0 bridgehead atoms. The molecule has 0 atom stereocenters. The molecular weight excluding hydrogens is 242 g/mol. The Morgan fingerprint density at radius 3 is 2.44 bits per heavy atom. The van der Waals surface area contributed by atoms with Crippen LogP contribution in [-0.4, -0.2) is 29.5 Å². The van der Waals surface area contributed by atoms with Gasteiger partial charge in [0.1, 0.15) is 0 Å². The van der Waals surface area contributed by atoms with Gasteiger partial charge in [-0.25, -0.2) is 4.98 Å². The predicted molar refractivity (Wildman–Crippen MR) is 80.0 cm³/mol. The molecule has 1 aromatic heterocycles. The zero-order valence-corrected chi connectivity index (χ0v) is 12.6. The zero-order chi connectivity index (χ0) is 13.2. The number of hydrogen-bond acceptors (Lipinski definition) is 4. The van der Waals surface area contributed by atoms with Gasteiger partial charge in [-0.05, 0) is 32.5 Å². The monoisotopic (exact) mass is 269 g/mol. The molecule has 1 rings (SSSR count). The molecule has 0 aliphatic rings. The minimum Gasteiger partial charge on any atom is -0.330 e. The highest BCUT2D eigenvalue weighted by Gasteiger charge is 2.08. The molecule has 0 unspecified atom stereocenters. The van der Waals surface area contributed by atoms with Crippen molar-refractivity contribution in [2.75, 3.05) is 19.6 Å². The summed E-state index contributed by atoms with van der Waals surface area (Å²) in [6.07, 6.45) is 6.00. The van der Waals surface area contributed by atoms with Crippen molar-refractivity contribution < 1.29 is 0 Å². The number of thiazole rings is 1. The van der Waals surface area contributed by atoms with Gasteiger partial charge in [0.2, 0.25) is 0 Å². The summed E-state index contributed by atoms with van der Waals surface area (Å²) in [4.78, 5) is 7.19. The number of aromatic nitrogens is 1. The van der Waals surface area contributed by atoms with Crippen LogP contribution in [0.25, 0.3) is 0 Å². The van der Waals surface area contributed by atoms with Crippen LogP contribution in [-0.2, 0) is 13.0 Å². The van der Waals surface area contributed by atoms with Crippen molar-refractivity contribution in [1.29, 1.82) is 0 Å². The van der Waals surface area contributed by atoms with Gasteiger partial charge in [0.05, 0.1) is 10.7 Å². The van der Waals surface area contributed by atoms with E-state index >= 15 is 0 Å². The van der Waals surface area contributed by atoms with Crippen molar-refractivity contribution in [3.63, 3.8) is 0 Å². The summed E-state index contributed by atoms with van der Waals surface area (Å²) in [5.74, 6) is 0. The van der Waals surface area contributed by atoms with Crippen LogP contribution in [0.1, 0.15) is 50.2 Å². The Bertz CT molecular complexity index is 304. The molecular formula is C14H27N3S. The van der Waals surface area contributed by atoms with Crippen LogP contribution in [0.3, 0.4) is 0 Å². The van der Waals surface area contributed by atoms with Crippen molar-refractivity contribution in [2.45, 2.75) is 52.5 Å². The second kappa shape index (κ2) is 9.48. The topological polar surface area (TPSA) is 42.1 Å². The molecule has 0 aliphatic heterocycles. The molecule has 0 aliphatic carbocycles. The summed E-state index contributed by atoms with van der Waals surface area (Å²) in [5, 5.41) is 3.37. The average Bonchev–Trinajstić information content (AvgIpc) is 2.80. The Kier molecular flexibility index (Phi) is 8.22. The van der Waals surface area contributed by atoms with E-state index < -0.39 is 0 Å². The maximum absolute atomic E-state index is 5.56. The number of unbranched alkanes of at least 4 members (excludes halogenated alkanes) is 2. The van der Waals surface area contributed by atoms with Gasteiger partial charge in [0.15, 0.2) is 0 Å². The molecule has 1 heterocycles. The Morgan fingerprint density at radius 2 is 1.89 bits per heavy atom. The van der Waals surface area contributed by atoms with E-state index in [-0.39, 0.29) is 0 Å². The lowest BCUT2D eigenvalue weighted by Gasteiger charge is -2.20. The van der Waals surface area contributed by atoms with Crippen molar-refractivity contribution in [2.24, 2.45) is 5.73 Å². The smallest absolute Gasteiger partial charge is 0.0941 e. The number of nitrogens with two attached hydrogens (primary N) is 1. The fourth-order valence-electron chi connectivity index (χ4n) is 1.92. The third-order valence-corrected chi connectivity index (χ3v) is 3.96. The zero-order valence-electron chi connectivity index (χ0n) is 11.8. The minimum absolute atomic E-state index is 0.697. The molecule has 3 nitrogen and oxygen atoms in total. The lowest BCUT2D eigenvalue weighted by atomic mass is 10.2. The van der Waals surface area contributed by atoms with Gasteiger partial charge in [-0.1, -0.05) is 26.7 Å². The quantitative estimate of drug-likeness (QED) is 0.710. The van der Waals surface area contributed by atoms with Gasteiger partial charge >= 0.3 is 0 Å². The van der Waals surface area contributed by atoms with E-state index in [0.29, 0.717) is 6.54 Å². The Balaban J connectivity index is 2.46. The maximum atomic E-state index is 5.56. The van der Waals surface area contributed by atoms with Crippen LogP contribution < -0.4 is 5.73 Å². The van der Waals surface area contributed by atoms with Gasteiger partial charge < -0.3 is 5.73 Å². The Hall–Kier alpha value is -0.450. The van der Waals surface area contributed by atoms with Crippen molar-refractivity contribution >= 4 is 11.3 Å². The van der Waals surface area contributed by atoms with E-state index in [4.69, 9.17) is 5.73 Å². The molecule has 0 saturated heterocycles. The maximum Gasteiger partial charge on any atom is 0.0941 e. The first kappa shape index (κ1) is 15.6. The van der Waals surface area contributed by atoms with Gasteiger partial charge in [0, 0.05) is 18.3 Å². The molecule has 0 radical (unpaired) electrons. The first-order valence-electron chi connectivity index (χ1n) is 7.15. The standard InChI is InChI=1S/C14H27N3S/c1-3-5-9-17(10-6-4-2)11-13-12-18-14(16-13)7-8-15/h12H,3-11,15H2,1-2H3. The van der Waals surface area contributed by atoms with Crippen molar-refractivity contribution in [3.8, 4) is 0 Å². The highest BCUT2D eigenvalue weighted by Crippen LogP contribution is 2.13. The molecule has 2 N–H and O–H groups in total. The van der Waals surface area contributed by atoms with E-state index in [1.807, 2.05) is 0 Å². The molecule has 0 aromatic carbocycles. The van der Waals surface area contributed by atoms with Crippen LogP contribution in [0.4, 0.5) is 0 Å². The molecule has 0 spiro atoms. The molecule has 0 fully saturated rings. The van der Waals surface area contributed by atoms with Crippen LogP contribution >= 0.6 is 11.3 Å². The number of rotatable bonds is 10. The third-order valence-electron chi connectivity index (χ3n) is 3.00. The highest BCUT2D eigenvalue weighted by atomic mass is 32.1. The second-order valence-electron chi connectivity index (χ2n) is 4.75. The Labute approximate surface area is 115 Å². The van der Waals surface area contributed by atoms with E-state index in [2.05, 4.69) is 29.1 Å². The normalized spacial score (nSPS) is 11.3. The fourth-order valence-corrected chi connectivity index (χ4v) is 2.73. The number of hydrogen-bond donors (Lipinski definition) is 1. The van der Waals surface area contributed by atoms with Crippen molar-refractivity contribution in [1.82, 2.24) is 9.88 Å². The number of nitrogens with zero attached hydrogens (tertiary/aromatic N) is 2. The summed E-state index contributed by atoms with van der Waals surface area (Å²) in [7, 11) is 0. The van der Waals surface area contributed by atoms with Gasteiger partial charge in [-0.15, -0.1) is 11.3 Å². The lowest BCUT2D eigenvalue weighted by Crippen LogP contribution is -2.25. The second-order valence-corrected chi connectivity index (χ2v) is 5.70. The van der Waals surface area contributed by atoms with Gasteiger partial charge in [0.25, 0.3) is 0 Å². The predicted octanol–water partition coefficient (Wildman–Crippen LogP) is 3.05. The van der Waals surface area contributed by atoms with Crippen LogP contribution in [0.15, 0.2) is 5.38 Å². The van der Waals surface area contributed by atoms with Gasteiger partial charge in [-0.3, -0.25) is 4.90 Å². The van der Waals surface area contributed by atoms with Gasteiger partial charge in [-0.2, -0.15) is 0 Å². The average molecular weight is 269 g/mol. The summed E-state index contributed by atoms with van der Waals surface area (Å²) < 4.78 is 0. The van der Waals surface area contributed by atoms with E-state index in [9.17, 15) is 0 Å². The third kappa shape index (κ3) is 5.94. The summed E-state index contributed by atoms with van der Waals surface area (Å²) in [6, 6.07) is 0. The molecule has 1 aromatic rings. The molecule has 18 heavy (non-hydrogen) atoms. The van der Waals surface area contributed by atoms with E-state index in [0.717, 1.165) is 13.0 Å². The largest absolute Gasteiger partial charge is 0.330 e. The SMILES string of the molecule is CCCCN(CCCC)Cc1csc(CCN)n1. The highest BCUT2D eigenvalue weighted by molar-refractivity contribution is 7.09. The molecule has 0 amide bonds. The van der Waals surface area contributed by atoms with Crippen LogP contribution in [0.5, 0.6) is 0 Å². The first-order chi connectivity index (χ1) is 8.80. The molecule has 0 saturated carbocycles. The fraction of sp³-hybridized carbons (Fsp3) is 0.786. The first-order valence-corrected chi connectivity index (χ1v) is 8.03. The van der Waals surface area contributed by atoms with Crippen molar-refractivity contribution in [3.05, 3.63) is 16.1 Å². The van der Waals surface area contributed by atoms with E-state index in [1.165, 1.54) is 49.5 Å². The summed E-state index contributed by atoms with van der Waals surface area (Å²) in [6.45, 7) is 8.59. The van der Waals surface area contributed by atoms with E-state index in [1.54, 1.807) is 11.3 Å². The summed E-state index contributed by atoms with van der Waals surface area (Å²) in [5.41, 5.74) is 6.78.